The van der Waals surface area contributed by atoms with Crippen molar-refractivity contribution in [3.05, 3.63) is 35.0 Å². The van der Waals surface area contributed by atoms with Gasteiger partial charge in [-0.15, -0.1) is 0 Å². The lowest BCUT2D eigenvalue weighted by atomic mass is 9.90. The van der Waals surface area contributed by atoms with Crippen molar-refractivity contribution < 1.29 is 0 Å². The number of hydrogen-bond acceptors (Lipinski definition) is 7. The van der Waals surface area contributed by atoms with Crippen LogP contribution in [0.3, 0.4) is 0 Å². The summed E-state index contributed by atoms with van der Waals surface area (Å²) < 4.78 is 0. The van der Waals surface area contributed by atoms with Gasteiger partial charge in [0.15, 0.2) is 5.82 Å². The van der Waals surface area contributed by atoms with E-state index in [1.807, 2.05) is 31.2 Å². The molecule has 0 radical (unpaired) electrons. The number of fused-ring (bicyclic) bond motifs is 1. The third-order valence-electron chi connectivity index (χ3n) is 6.12. The minimum atomic E-state index is 0.255. The fourth-order valence-corrected chi connectivity index (χ4v) is 4.78. The predicted molar refractivity (Wildman–Crippen MR) is 128 cm³/mol. The third-order valence-corrected chi connectivity index (χ3v) is 6.35. The minimum Gasteiger partial charge on any atom is -0.351 e. The normalized spacial score (nSPS) is 21.4. The average Bonchev–Trinajstić information content (AvgIpc) is 3.17. The van der Waals surface area contributed by atoms with Gasteiger partial charge < -0.3 is 10.6 Å². The van der Waals surface area contributed by atoms with Crippen LogP contribution in [0, 0.1) is 18.3 Å². The average molecular weight is 453 g/mol. The van der Waals surface area contributed by atoms with Gasteiger partial charge in [0, 0.05) is 53.3 Å². The van der Waals surface area contributed by atoms with E-state index < -0.39 is 0 Å². The second-order valence-electron chi connectivity index (χ2n) is 8.49. The Morgan fingerprint density at radius 1 is 1.28 bits per heavy atom. The Kier molecular flexibility index (Phi) is 6.77. The van der Waals surface area contributed by atoms with E-state index in [2.05, 4.69) is 45.6 Å². The van der Waals surface area contributed by atoms with Gasteiger partial charge in [0.25, 0.3) is 0 Å². The van der Waals surface area contributed by atoms with Crippen molar-refractivity contribution in [3.63, 3.8) is 0 Å². The molecular weight excluding hydrogens is 424 g/mol. The first-order valence-corrected chi connectivity index (χ1v) is 11.5. The minimum absolute atomic E-state index is 0.255. The molecule has 0 saturated carbocycles. The van der Waals surface area contributed by atoms with Gasteiger partial charge in [0.2, 0.25) is 5.95 Å². The summed E-state index contributed by atoms with van der Waals surface area (Å²) in [5, 5.41) is 24.6. The second kappa shape index (κ2) is 9.72. The Bertz CT molecular complexity index is 1120. The van der Waals surface area contributed by atoms with Gasteiger partial charge in [-0.2, -0.15) is 15.3 Å². The molecule has 2 aromatic heterocycles. The highest BCUT2D eigenvalue weighted by Gasteiger charge is 2.32. The Hall–Kier alpha value is -2.89. The number of benzene rings is 1. The number of rotatable bonds is 7. The summed E-state index contributed by atoms with van der Waals surface area (Å²) in [4.78, 5) is 12.0. The molecule has 9 heteroatoms. The van der Waals surface area contributed by atoms with Crippen LogP contribution in [-0.4, -0.2) is 49.7 Å². The quantitative estimate of drug-likeness (QED) is 0.462. The van der Waals surface area contributed by atoms with E-state index in [4.69, 9.17) is 26.8 Å². The van der Waals surface area contributed by atoms with Crippen LogP contribution in [0.5, 0.6) is 0 Å². The van der Waals surface area contributed by atoms with Crippen LogP contribution in [0.1, 0.15) is 45.2 Å². The maximum Gasteiger partial charge on any atom is 0.225 e. The Morgan fingerprint density at radius 2 is 2.12 bits per heavy atom. The molecule has 8 nitrogen and oxygen atoms in total. The lowest BCUT2D eigenvalue weighted by Gasteiger charge is -2.43. The van der Waals surface area contributed by atoms with E-state index in [0.717, 1.165) is 42.4 Å². The molecule has 168 valence electrons. The summed E-state index contributed by atoms with van der Waals surface area (Å²) in [6, 6.07) is 10.9. The SMILES string of the molecule is CCC1CC(Nc2nc(Nc3cc(C)[nH]n3)c3ccc(Cl)cc3n2)C[C@H](C)N1CCC#N. The smallest absolute Gasteiger partial charge is 0.225 e. The van der Waals surface area contributed by atoms with Crippen LogP contribution < -0.4 is 10.6 Å². The van der Waals surface area contributed by atoms with E-state index in [-0.39, 0.29) is 6.04 Å². The Morgan fingerprint density at radius 3 is 2.84 bits per heavy atom. The first-order valence-electron chi connectivity index (χ1n) is 11.1. The van der Waals surface area contributed by atoms with Crippen LogP contribution in [0.2, 0.25) is 5.02 Å². The molecule has 4 rings (SSSR count). The van der Waals surface area contributed by atoms with Crippen LogP contribution in [0.4, 0.5) is 17.6 Å². The van der Waals surface area contributed by atoms with E-state index >= 15 is 0 Å². The summed E-state index contributed by atoms with van der Waals surface area (Å²) >= 11 is 6.25. The lowest BCUT2D eigenvalue weighted by molar-refractivity contribution is 0.0858. The lowest BCUT2D eigenvalue weighted by Crippen LogP contribution is -2.51. The summed E-state index contributed by atoms with van der Waals surface area (Å²) in [6.07, 6.45) is 3.58. The topological polar surface area (TPSA) is 106 Å². The number of likely N-dealkylation sites (tertiary alicyclic amines) is 1. The number of aryl methyl sites for hydroxylation is 1. The number of aromatic amines is 1. The summed E-state index contributed by atoms with van der Waals surface area (Å²) in [5.74, 6) is 1.97. The maximum atomic E-state index is 9.00. The van der Waals surface area contributed by atoms with Gasteiger partial charge in [0.05, 0.1) is 11.6 Å². The number of nitriles is 1. The monoisotopic (exact) mass is 452 g/mol. The Balaban J connectivity index is 1.59. The van der Waals surface area contributed by atoms with Gasteiger partial charge in [0.1, 0.15) is 5.82 Å². The number of halogens is 1. The molecule has 3 N–H and O–H groups in total. The number of nitrogens with one attached hydrogen (secondary N) is 3. The molecule has 1 aliphatic rings. The highest BCUT2D eigenvalue weighted by atomic mass is 35.5. The van der Waals surface area contributed by atoms with Crippen molar-refractivity contribution in [2.45, 2.75) is 64.6 Å². The van der Waals surface area contributed by atoms with Crippen molar-refractivity contribution in [2.75, 3.05) is 17.2 Å². The fourth-order valence-electron chi connectivity index (χ4n) is 4.62. The number of H-pyrrole nitrogens is 1. The molecule has 1 aliphatic heterocycles. The van der Waals surface area contributed by atoms with E-state index in [9.17, 15) is 0 Å². The predicted octanol–water partition coefficient (Wildman–Crippen LogP) is 5.02. The molecule has 0 aliphatic carbocycles. The highest BCUT2D eigenvalue weighted by molar-refractivity contribution is 6.31. The highest BCUT2D eigenvalue weighted by Crippen LogP contribution is 2.30. The Labute approximate surface area is 193 Å². The molecule has 1 saturated heterocycles. The van der Waals surface area contributed by atoms with Gasteiger partial charge in [-0.1, -0.05) is 18.5 Å². The van der Waals surface area contributed by atoms with Gasteiger partial charge >= 0.3 is 0 Å². The molecule has 1 fully saturated rings. The summed E-state index contributed by atoms with van der Waals surface area (Å²) in [7, 11) is 0. The summed E-state index contributed by atoms with van der Waals surface area (Å²) in [6.45, 7) is 7.23. The largest absolute Gasteiger partial charge is 0.351 e. The molecule has 0 bridgehead atoms. The number of aromatic nitrogens is 4. The van der Waals surface area contributed by atoms with Crippen molar-refractivity contribution in [2.24, 2.45) is 0 Å². The van der Waals surface area contributed by atoms with Crippen molar-refractivity contribution in [1.82, 2.24) is 25.1 Å². The van der Waals surface area contributed by atoms with Gasteiger partial charge in [-0.25, -0.2) is 4.98 Å². The molecule has 1 aromatic carbocycles. The number of hydrogen-bond donors (Lipinski definition) is 3. The zero-order valence-electron chi connectivity index (χ0n) is 18.7. The molecule has 0 spiro atoms. The molecule has 2 unspecified atom stereocenters. The van der Waals surface area contributed by atoms with Crippen LogP contribution in [0.25, 0.3) is 10.9 Å². The van der Waals surface area contributed by atoms with Gasteiger partial charge in [-0.05, 0) is 51.3 Å². The zero-order chi connectivity index (χ0) is 22.7. The molecule has 32 heavy (non-hydrogen) atoms. The molecule has 3 heterocycles. The molecule has 0 amide bonds. The molecular formula is C23H29ClN8. The van der Waals surface area contributed by atoms with E-state index in [1.54, 1.807) is 0 Å². The van der Waals surface area contributed by atoms with Crippen molar-refractivity contribution in [1.29, 1.82) is 5.26 Å². The van der Waals surface area contributed by atoms with E-state index in [0.29, 0.717) is 41.1 Å². The van der Waals surface area contributed by atoms with Crippen molar-refractivity contribution in [3.8, 4) is 6.07 Å². The maximum absolute atomic E-state index is 9.00. The number of piperidine rings is 1. The van der Waals surface area contributed by atoms with Crippen LogP contribution >= 0.6 is 11.6 Å². The zero-order valence-corrected chi connectivity index (χ0v) is 19.4. The first-order chi connectivity index (χ1) is 15.5. The third kappa shape index (κ3) is 4.95. The molecule has 3 atom stereocenters. The number of nitrogens with zero attached hydrogens (tertiary/aromatic N) is 5. The first kappa shape index (κ1) is 22.3. The second-order valence-corrected chi connectivity index (χ2v) is 8.92. The van der Waals surface area contributed by atoms with Crippen LogP contribution in [-0.2, 0) is 0 Å². The van der Waals surface area contributed by atoms with Crippen molar-refractivity contribution >= 4 is 40.1 Å². The molecule has 3 aromatic rings. The van der Waals surface area contributed by atoms with Gasteiger partial charge in [-0.3, -0.25) is 10.00 Å². The van der Waals surface area contributed by atoms with Crippen LogP contribution in [0.15, 0.2) is 24.3 Å². The fraction of sp³-hybridized carbons (Fsp3) is 0.478. The standard InChI is InChI=1S/C23H29ClN8/c1-4-18-13-17(11-15(3)32(18)9-5-8-25)26-23-27-20-12-16(24)6-7-19(20)22(29-23)28-21-10-14(2)30-31-21/h6-7,10,12,15,17-18H,4-5,9,11,13H2,1-3H3,(H3,26,27,28,29,30,31)/t15-,17?,18?/m0/s1. The summed E-state index contributed by atoms with van der Waals surface area (Å²) in [5.41, 5.74) is 1.74. The van der Waals surface area contributed by atoms with E-state index in [1.165, 1.54) is 0 Å². The number of anilines is 3.